The maximum atomic E-state index is 13.7. The summed E-state index contributed by atoms with van der Waals surface area (Å²) in [4.78, 5) is 10.1. The second kappa shape index (κ2) is 8.18. The van der Waals surface area contributed by atoms with Crippen LogP contribution >= 0.6 is 23.4 Å². The topological polar surface area (TPSA) is 63.8 Å². The minimum Gasteiger partial charge on any atom is -0.384 e. The molecule has 0 aliphatic rings. The quantitative estimate of drug-likeness (QED) is 0.444. The Labute approximate surface area is 182 Å². The number of pyridine rings is 2. The van der Waals surface area contributed by atoms with Gasteiger partial charge < -0.3 is 5.11 Å². The molecule has 3 aromatic heterocycles. The number of nitrogens with zero attached hydrogens (tertiary/aromatic N) is 4. The van der Waals surface area contributed by atoms with E-state index in [2.05, 4.69) is 15.1 Å². The molecule has 0 fully saturated rings. The molecular weight excluding hydrogens is 423 g/mol. The maximum absolute atomic E-state index is 13.7. The predicted octanol–water partition coefficient (Wildman–Crippen LogP) is 5.50. The number of aromatic nitrogens is 4. The zero-order valence-corrected chi connectivity index (χ0v) is 17.8. The standard InChI is InChI=1S/C22H18ClFN4OS/c1-22(2,29)20-8-3-14(10-26-20)21-19(30-18-6-4-15(23)5-7-18)13-28(27-21)17-9-16(24)11-25-12-17/h3-13,29H,1-2H3. The monoisotopic (exact) mass is 440 g/mol. The van der Waals surface area contributed by atoms with Crippen LogP contribution in [0.4, 0.5) is 4.39 Å². The molecule has 0 spiro atoms. The van der Waals surface area contributed by atoms with E-state index in [0.717, 1.165) is 21.6 Å². The molecule has 0 saturated carbocycles. The fourth-order valence-electron chi connectivity index (χ4n) is 2.82. The number of hydrogen-bond donors (Lipinski definition) is 1. The van der Waals surface area contributed by atoms with E-state index in [4.69, 9.17) is 11.6 Å². The Bertz CT molecular complexity index is 1170. The Kier molecular flexibility index (Phi) is 5.60. The second-order valence-corrected chi connectivity index (χ2v) is 8.75. The zero-order chi connectivity index (χ0) is 21.3. The fourth-order valence-corrected chi connectivity index (χ4v) is 3.88. The minimum atomic E-state index is -1.04. The number of benzene rings is 1. The molecule has 0 aliphatic carbocycles. The number of halogens is 2. The lowest BCUT2D eigenvalue weighted by molar-refractivity contribution is 0.0739. The first-order valence-corrected chi connectivity index (χ1v) is 10.3. The molecule has 152 valence electrons. The van der Waals surface area contributed by atoms with Crippen LogP contribution in [0.5, 0.6) is 0 Å². The lowest BCUT2D eigenvalue weighted by Crippen LogP contribution is -2.17. The molecule has 0 unspecified atom stereocenters. The molecule has 4 rings (SSSR count). The van der Waals surface area contributed by atoms with Crippen molar-refractivity contribution in [3.8, 4) is 16.9 Å². The Balaban J connectivity index is 1.77. The van der Waals surface area contributed by atoms with Gasteiger partial charge in [-0.25, -0.2) is 9.07 Å². The molecule has 0 saturated heterocycles. The van der Waals surface area contributed by atoms with Gasteiger partial charge in [-0.3, -0.25) is 9.97 Å². The summed E-state index contributed by atoms with van der Waals surface area (Å²) in [5.41, 5.74) is 1.51. The highest BCUT2D eigenvalue weighted by Gasteiger charge is 2.19. The fraction of sp³-hybridized carbons (Fsp3) is 0.136. The van der Waals surface area contributed by atoms with Crippen LogP contribution in [-0.2, 0) is 5.60 Å². The summed E-state index contributed by atoms with van der Waals surface area (Å²) < 4.78 is 15.3. The van der Waals surface area contributed by atoms with E-state index in [1.54, 1.807) is 37.0 Å². The molecule has 0 bridgehead atoms. The summed E-state index contributed by atoms with van der Waals surface area (Å²) >= 11 is 7.51. The Morgan fingerprint density at radius 2 is 1.83 bits per heavy atom. The molecule has 0 radical (unpaired) electrons. The zero-order valence-electron chi connectivity index (χ0n) is 16.3. The molecular formula is C22H18ClFN4OS. The maximum Gasteiger partial charge on any atom is 0.143 e. The SMILES string of the molecule is CC(C)(O)c1ccc(-c2nn(-c3cncc(F)c3)cc2Sc2ccc(Cl)cc2)cn1. The third kappa shape index (κ3) is 4.53. The van der Waals surface area contributed by atoms with Crippen molar-refractivity contribution < 1.29 is 9.50 Å². The first kappa shape index (κ1) is 20.5. The molecule has 1 aromatic carbocycles. The third-order valence-corrected chi connectivity index (χ3v) is 5.62. The average Bonchev–Trinajstić information content (AvgIpc) is 3.13. The van der Waals surface area contributed by atoms with Gasteiger partial charge in [-0.2, -0.15) is 5.10 Å². The van der Waals surface area contributed by atoms with Gasteiger partial charge in [0, 0.05) is 33.9 Å². The van der Waals surface area contributed by atoms with E-state index in [-0.39, 0.29) is 0 Å². The van der Waals surface area contributed by atoms with Crippen molar-refractivity contribution in [3.05, 3.63) is 83.8 Å². The van der Waals surface area contributed by atoms with Gasteiger partial charge in [0.05, 0.1) is 28.7 Å². The first-order chi connectivity index (χ1) is 14.3. The molecule has 0 atom stereocenters. The third-order valence-electron chi connectivity index (χ3n) is 4.34. The summed E-state index contributed by atoms with van der Waals surface area (Å²) in [6.45, 7) is 3.37. The molecule has 3 heterocycles. The van der Waals surface area contributed by atoms with E-state index in [0.29, 0.717) is 22.1 Å². The number of rotatable bonds is 5. The van der Waals surface area contributed by atoms with Crippen molar-refractivity contribution in [1.82, 2.24) is 19.7 Å². The van der Waals surface area contributed by atoms with Gasteiger partial charge in [0.25, 0.3) is 0 Å². The van der Waals surface area contributed by atoms with Gasteiger partial charge >= 0.3 is 0 Å². The Morgan fingerprint density at radius 1 is 1.07 bits per heavy atom. The average molecular weight is 441 g/mol. The lowest BCUT2D eigenvalue weighted by Gasteiger charge is -2.16. The highest BCUT2D eigenvalue weighted by atomic mass is 35.5. The lowest BCUT2D eigenvalue weighted by atomic mass is 10.0. The number of hydrogen-bond acceptors (Lipinski definition) is 5. The van der Waals surface area contributed by atoms with Crippen LogP contribution in [0.1, 0.15) is 19.5 Å². The van der Waals surface area contributed by atoms with Crippen molar-refractivity contribution in [3.63, 3.8) is 0 Å². The smallest absolute Gasteiger partial charge is 0.143 e. The van der Waals surface area contributed by atoms with Gasteiger partial charge in [0.2, 0.25) is 0 Å². The van der Waals surface area contributed by atoms with Crippen molar-refractivity contribution in [1.29, 1.82) is 0 Å². The molecule has 4 aromatic rings. The van der Waals surface area contributed by atoms with Crippen molar-refractivity contribution in [2.24, 2.45) is 0 Å². The largest absolute Gasteiger partial charge is 0.384 e. The molecule has 5 nitrogen and oxygen atoms in total. The summed E-state index contributed by atoms with van der Waals surface area (Å²) in [5.74, 6) is -0.437. The van der Waals surface area contributed by atoms with Crippen molar-refractivity contribution in [2.75, 3.05) is 0 Å². The molecule has 0 amide bonds. The molecule has 1 N–H and O–H groups in total. The van der Waals surface area contributed by atoms with E-state index < -0.39 is 11.4 Å². The van der Waals surface area contributed by atoms with Crippen LogP contribution in [0.25, 0.3) is 16.9 Å². The first-order valence-electron chi connectivity index (χ1n) is 9.13. The van der Waals surface area contributed by atoms with E-state index in [1.807, 2.05) is 36.5 Å². The van der Waals surface area contributed by atoms with Gasteiger partial charge in [0.15, 0.2) is 0 Å². The minimum absolute atomic E-state index is 0.437. The van der Waals surface area contributed by atoms with E-state index >= 15 is 0 Å². The van der Waals surface area contributed by atoms with Crippen molar-refractivity contribution >= 4 is 23.4 Å². The predicted molar refractivity (Wildman–Crippen MR) is 115 cm³/mol. The van der Waals surface area contributed by atoms with Gasteiger partial charge in [0.1, 0.15) is 17.1 Å². The summed E-state index contributed by atoms with van der Waals surface area (Å²) in [6, 6.07) is 12.5. The molecule has 30 heavy (non-hydrogen) atoms. The van der Waals surface area contributed by atoms with Crippen LogP contribution in [0.15, 0.2) is 77.0 Å². The Morgan fingerprint density at radius 3 is 2.47 bits per heavy atom. The van der Waals surface area contributed by atoms with Gasteiger partial charge in [-0.15, -0.1) is 0 Å². The number of aliphatic hydroxyl groups is 1. The summed E-state index contributed by atoms with van der Waals surface area (Å²) in [6.07, 6.45) is 6.20. The van der Waals surface area contributed by atoms with Crippen molar-refractivity contribution in [2.45, 2.75) is 29.2 Å². The van der Waals surface area contributed by atoms with E-state index in [9.17, 15) is 9.50 Å². The van der Waals surface area contributed by atoms with Crippen LogP contribution in [-0.4, -0.2) is 24.9 Å². The van der Waals surface area contributed by atoms with Crippen LogP contribution in [0.3, 0.4) is 0 Å². The summed E-state index contributed by atoms with van der Waals surface area (Å²) in [5, 5.41) is 15.5. The van der Waals surface area contributed by atoms with Gasteiger partial charge in [-0.05, 0) is 50.2 Å². The normalized spacial score (nSPS) is 11.6. The van der Waals surface area contributed by atoms with E-state index in [1.165, 1.54) is 17.8 Å². The highest BCUT2D eigenvalue weighted by Crippen LogP contribution is 2.36. The van der Waals surface area contributed by atoms with Crippen LogP contribution in [0.2, 0.25) is 5.02 Å². The van der Waals surface area contributed by atoms with Crippen LogP contribution < -0.4 is 0 Å². The molecule has 8 heteroatoms. The van der Waals surface area contributed by atoms with Gasteiger partial charge in [-0.1, -0.05) is 23.4 Å². The summed E-state index contributed by atoms with van der Waals surface area (Å²) in [7, 11) is 0. The second-order valence-electron chi connectivity index (χ2n) is 7.19. The Hall–Kier alpha value is -2.74. The van der Waals surface area contributed by atoms with Crippen LogP contribution in [0, 0.1) is 5.82 Å². The molecule has 0 aliphatic heterocycles. The highest BCUT2D eigenvalue weighted by molar-refractivity contribution is 7.99.